The second-order valence-corrected chi connectivity index (χ2v) is 6.78. The average molecular weight is 344 g/mol. The number of furan rings is 1. The fourth-order valence-corrected chi connectivity index (χ4v) is 3.68. The zero-order valence-electron chi connectivity index (χ0n) is 14.3. The molecule has 1 N–H and O–H groups in total. The third-order valence-electron chi connectivity index (χ3n) is 5.01. The summed E-state index contributed by atoms with van der Waals surface area (Å²) in [6, 6.07) is 3.85. The number of aromatic nitrogens is 2. The van der Waals surface area contributed by atoms with Crippen LogP contribution in [-0.2, 0) is 11.3 Å². The minimum Gasteiger partial charge on any atom is -0.454 e. The topological polar surface area (TPSA) is 72.5 Å². The highest BCUT2D eigenvalue weighted by molar-refractivity contribution is 5.91. The molecule has 134 valence electrons. The highest BCUT2D eigenvalue weighted by atomic mass is 16.5. The summed E-state index contributed by atoms with van der Waals surface area (Å²) in [6.45, 7) is 4.01. The summed E-state index contributed by atoms with van der Waals surface area (Å²) in [5.41, 5.74) is 0. The first-order valence-corrected chi connectivity index (χ1v) is 8.97. The molecule has 4 rings (SSSR count). The van der Waals surface area contributed by atoms with Gasteiger partial charge in [0.1, 0.15) is 5.76 Å². The lowest BCUT2D eigenvalue weighted by Crippen LogP contribution is -2.52. The van der Waals surface area contributed by atoms with Gasteiger partial charge in [-0.2, -0.15) is 0 Å². The zero-order valence-corrected chi connectivity index (χ0v) is 14.3. The molecular formula is C18H24N4O3. The maximum Gasteiger partial charge on any atom is 0.287 e. The summed E-state index contributed by atoms with van der Waals surface area (Å²) in [5.74, 6) is 0.909. The monoisotopic (exact) mass is 344 g/mol. The number of ether oxygens (including phenoxy) is 1. The molecule has 2 fully saturated rings. The minimum absolute atomic E-state index is 0.0211. The molecule has 7 nitrogen and oxygen atoms in total. The number of hydrogen-bond acceptors (Lipinski definition) is 5. The molecule has 0 spiro atoms. The molecule has 1 amide bonds. The van der Waals surface area contributed by atoms with Crippen LogP contribution >= 0.6 is 0 Å². The van der Waals surface area contributed by atoms with Gasteiger partial charge in [0.25, 0.3) is 5.91 Å². The van der Waals surface area contributed by atoms with E-state index in [1.54, 1.807) is 18.6 Å². The first kappa shape index (κ1) is 16.4. The highest BCUT2D eigenvalue weighted by Crippen LogP contribution is 2.19. The Morgan fingerprint density at radius 2 is 2.12 bits per heavy atom. The van der Waals surface area contributed by atoms with Gasteiger partial charge in [-0.25, -0.2) is 4.98 Å². The molecule has 25 heavy (non-hydrogen) atoms. The van der Waals surface area contributed by atoms with Gasteiger partial charge in [-0.05, 0) is 38.1 Å². The largest absolute Gasteiger partial charge is 0.454 e. The second kappa shape index (κ2) is 7.41. The maximum absolute atomic E-state index is 12.5. The van der Waals surface area contributed by atoms with Crippen molar-refractivity contribution in [3.8, 4) is 0 Å². The van der Waals surface area contributed by atoms with Crippen molar-refractivity contribution in [3.63, 3.8) is 0 Å². The number of hydrogen-bond donors (Lipinski definition) is 1. The Morgan fingerprint density at radius 1 is 1.24 bits per heavy atom. The smallest absolute Gasteiger partial charge is 0.287 e. The number of imidazole rings is 1. The van der Waals surface area contributed by atoms with Crippen molar-refractivity contribution in [1.82, 2.24) is 19.8 Å². The lowest BCUT2D eigenvalue weighted by molar-refractivity contribution is 0.0871. The van der Waals surface area contributed by atoms with Crippen LogP contribution in [0.1, 0.15) is 35.6 Å². The predicted octanol–water partition coefficient (Wildman–Crippen LogP) is 1.51. The van der Waals surface area contributed by atoms with Gasteiger partial charge in [0.15, 0.2) is 5.76 Å². The van der Waals surface area contributed by atoms with Crippen molar-refractivity contribution < 1.29 is 13.9 Å². The average Bonchev–Trinajstić information content (AvgIpc) is 3.38. The van der Waals surface area contributed by atoms with Gasteiger partial charge in [-0.3, -0.25) is 9.69 Å². The third kappa shape index (κ3) is 3.77. The summed E-state index contributed by atoms with van der Waals surface area (Å²) in [5, 5.41) is 3.10. The van der Waals surface area contributed by atoms with Gasteiger partial charge in [0.2, 0.25) is 0 Å². The van der Waals surface area contributed by atoms with Crippen LogP contribution in [0.5, 0.6) is 0 Å². The van der Waals surface area contributed by atoms with Crippen LogP contribution in [0, 0.1) is 0 Å². The van der Waals surface area contributed by atoms with Crippen molar-refractivity contribution in [2.45, 2.75) is 37.9 Å². The zero-order chi connectivity index (χ0) is 17.1. The summed E-state index contributed by atoms with van der Waals surface area (Å²) in [7, 11) is 0. The van der Waals surface area contributed by atoms with Gasteiger partial charge in [-0.1, -0.05) is 6.42 Å². The van der Waals surface area contributed by atoms with Crippen LogP contribution in [-0.4, -0.2) is 58.7 Å². The number of nitrogens with one attached hydrogen (secondary N) is 1. The SMILES string of the molecule is O=C(N[C@H]1COC[C@@H]1N1CCCCC1)c1ccc(Cn2ccnc2)o1. The van der Waals surface area contributed by atoms with E-state index in [4.69, 9.17) is 9.15 Å². The van der Waals surface area contributed by atoms with Crippen molar-refractivity contribution >= 4 is 5.91 Å². The molecule has 0 aromatic carbocycles. The molecule has 7 heteroatoms. The van der Waals surface area contributed by atoms with Gasteiger partial charge in [-0.15, -0.1) is 0 Å². The Balaban J connectivity index is 1.37. The van der Waals surface area contributed by atoms with Crippen molar-refractivity contribution in [3.05, 3.63) is 42.4 Å². The van der Waals surface area contributed by atoms with E-state index in [9.17, 15) is 4.79 Å². The predicted molar refractivity (Wildman–Crippen MR) is 91.3 cm³/mol. The number of piperidine rings is 1. The molecular weight excluding hydrogens is 320 g/mol. The van der Waals surface area contributed by atoms with Crippen LogP contribution in [0.15, 0.2) is 35.3 Å². The van der Waals surface area contributed by atoms with E-state index in [1.807, 2.05) is 16.8 Å². The Bertz CT molecular complexity index is 691. The fraction of sp³-hybridized carbons (Fsp3) is 0.556. The molecule has 0 unspecified atom stereocenters. The number of nitrogens with zero attached hydrogens (tertiary/aromatic N) is 3. The molecule has 2 saturated heterocycles. The van der Waals surface area contributed by atoms with Crippen LogP contribution in [0.25, 0.3) is 0 Å². The molecule has 0 radical (unpaired) electrons. The number of likely N-dealkylation sites (tertiary alicyclic amines) is 1. The number of rotatable bonds is 5. The van der Waals surface area contributed by atoms with E-state index in [2.05, 4.69) is 15.2 Å². The lowest BCUT2D eigenvalue weighted by atomic mass is 10.0. The van der Waals surface area contributed by atoms with Crippen LogP contribution in [0.4, 0.5) is 0 Å². The minimum atomic E-state index is -0.172. The second-order valence-electron chi connectivity index (χ2n) is 6.78. The number of amides is 1. The summed E-state index contributed by atoms with van der Waals surface area (Å²) < 4.78 is 13.2. The van der Waals surface area contributed by atoms with E-state index < -0.39 is 0 Å². The van der Waals surface area contributed by atoms with Crippen molar-refractivity contribution in [2.24, 2.45) is 0 Å². The highest BCUT2D eigenvalue weighted by Gasteiger charge is 2.35. The quantitative estimate of drug-likeness (QED) is 0.890. The van der Waals surface area contributed by atoms with Crippen LogP contribution < -0.4 is 5.32 Å². The summed E-state index contributed by atoms with van der Waals surface area (Å²) in [6.07, 6.45) is 9.06. The summed E-state index contributed by atoms with van der Waals surface area (Å²) in [4.78, 5) is 19.0. The van der Waals surface area contributed by atoms with E-state index >= 15 is 0 Å². The molecule has 2 aliphatic heterocycles. The molecule has 2 aliphatic rings. The fourth-order valence-electron chi connectivity index (χ4n) is 3.68. The van der Waals surface area contributed by atoms with Crippen LogP contribution in [0.2, 0.25) is 0 Å². The maximum atomic E-state index is 12.5. The number of carbonyl (C=O) groups is 1. The molecule has 2 aromatic rings. The Labute approximate surface area is 147 Å². The van der Waals surface area contributed by atoms with E-state index in [0.29, 0.717) is 25.5 Å². The standard InChI is InChI=1S/C18H24N4O3/c23-18(17-5-4-14(25-17)10-21-9-6-19-13-21)20-15-11-24-12-16(15)22-7-2-1-3-8-22/h4-6,9,13,15-16H,1-3,7-8,10-12H2,(H,20,23)/t15-,16-/m0/s1. The number of carbonyl (C=O) groups excluding carboxylic acids is 1. The Kier molecular flexibility index (Phi) is 4.85. The van der Waals surface area contributed by atoms with Gasteiger partial charge in [0.05, 0.1) is 38.2 Å². The first-order valence-electron chi connectivity index (χ1n) is 8.97. The Morgan fingerprint density at radius 3 is 2.92 bits per heavy atom. The van der Waals surface area contributed by atoms with Gasteiger partial charge >= 0.3 is 0 Å². The lowest BCUT2D eigenvalue weighted by Gasteiger charge is -2.34. The molecule has 4 heterocycles. The van der Waals surface area contributed by atoms with E-state index in [-0.39, 0.29) is 18.0 Å². The van der Waals surface area contributed by atoms with Crippen LogP contribution in [0.3, 0.4) is 0 Å². The van der Waals surface area contributed by atoms with Gasteiger partial charge < -0.3 is 19.0 Å². The molecule has 0 saturated carbocycles. The van der Waals surface area contributed by atoms with E-state index in [1.165, 1.54) is 19.3 Å². The Hall–Kier alpha value is -2.12. The summed E-state index contributed by atoms with van der Waals surface area (Å²) >= 11 is 0. The molecule has 2 aromatic heterocycles. The molecule has 0 aliphatic carbocycles. The van der Waals surface area contributed by atoms with Gasteiger partial charge in [0, 0.05) is 12.4 Å². The third-order valence-corrected chi connectivity index (χ3v) is 5.01. The molecule has 2 atom stereocenters. The normalized spacial score (nSPS) is 24.5. The first-order chi connectivity index (χ1) is 12.3. The van der Waals surface area contributed by atoms with E-state index in [0.717, 1.165) is 18.8 Å². The van der Waals surface area contributed by atoms with Crippen molar-refractivity contribution in [2.75, 3.05) is 26.3 Å². The molecule has 0 bridgehead atoms. The van der Waals surface area contributed by atoms with Crippen molar-refractivity contribution in [1.29, 1.82) is 0 Å².